The summed E-state index contributed by atoms with van der Waals surface area (Å²) in [7, 11) is 0. The smallest absolute Gasteiger partial charge is 0.223 e. The zero-order chi connectivity index (χ0) is 15.4. The van der Waals surface area contributed by atoms with Crippen molar-refractivity contribution < 1.29 is 9.53 Å². The maximum atomic E-state index is 12.7. The lowest BCUT2D eigenvalue weighted by molar-refractivity contribution is -0.135. The molecule has 3 rings (SSSR count). The zero-order valence-electron chi connectivity index (χ0n) is 13.0. The summed E-state index contributed by atoms with van der Waals surface area (Å²) in [5.41, 5.74) is 1.17. The molecule has 0 aromatic heterocycles. The summed E-state index contributed by atoms with van der Waals surface area (Å²) >= 11 is 6.12. The van der Waals surface area contributed by atoms with Crippen LogP contribution in [0.3, 0.4) is 0 Å². The second-order valence-corrected chi connectivity index (χ2v) is 6.86. The normalized spacial score (nSPS) is 25.4. The highest BCUT2D eigenvalue weighted by molar-refractivity contribution is 6.30. The van der Waals surface area contributed by atoms with Gasteiger partial charge in [0.15, 0.2) is 0 Å². The molecule has 2 aliphatic heterocycles. The van der Waals surface area contributed by atoms with E-state index in [0.717, 1.165) is 50.5 Å². The van der Waals surface area contributed by atoms with E-state index in [1.165, 1.54) is 12.0 Å². The van der Waals surface area contributed by atoms with E-state index in [1.54, 1.807) is 0 Å². The number of ether oxygens (including phenoxy) is 1. The van der Waals surface area contributed by atoms with Gasteiger partial charge in [0.25, 0.3) is 0 Å². The molecular weight excluding hydrogens is 298 g/mol. The fourth-order valence-corrected chi connectivity index (χ4v) is 3.77. The van der Waals surface area contributed by atoms with Gasteiger partial charge in [-0.3, -0.25) is 4.79 Å². The summed E-state index contributed by atoms with van der Waals surface area (Å²) in [6.07, 6.45) is 6.03. The predicted molar refractivity (Wildman–Crippen MR) is 87.9 cm³/mol. The lowest BCUT2D eigenvalue weighted by Crippen LogP contribution is -2.38. The van der Waals surface area contributed by atoms with Gasteiger partial charge in [-0.25, -0.2) is 0 Å². The van der Waals surface area contributed by atoms with Crippen molar-refractivity contribution in [3.8, 4) is 0 Å². The third-order valence-electron chi connectivity index (χ3n) is 4.85. The molecule has 2 heterocycles. The first-order valence-corrected chi connectivity index (χ1v) is 8.74. The van der Waals surface area contributed by atoms with Crippen LogP contribution in [0.1, 0.15) is 50.1 Å². The summed E-state index contributed by atoms with van der Waals surface area (Å²) in [5.74, 6) is 0.856. The molecule has 0 saturated carbocycles. The Morgan fingerprint density at radius 3 is 3.00 bits per heavy atom. The number of benzene rings is 1. The topological polar surface area (TPSA) is 29.5 Å². The van der Waals surface area contributed by atoms with Crippen LogP contribution in [0.15, 0.2) is 24.3 Å². The van der Waals surface area contributed by atoms with E-state index in [-0.39, 0.29) is 11.9 Å². The number of carbonyl (C=O) groups is 1. The van der Waals surface area contributed by atoms with E-state index in [4.69, 9.17) is 16.3 Å². The summed E-state index contributed by atoms with van der Waals surface area (Å²) in [4.78, 5) is 14.7. The van der Waals surface area contributed by atoms with Crippen molar-refractivity contribution in [2.75, 3.05) is 19.8 Å². The van der Waals surface area contributed by atoms with E-state index < -0.39 is 0 Å². The molecule has 4 heteroatoms. The van der Waals surface area contributed by atoms with Crippen LogP contribution in [0.25, 0.3) is 0 Å². The lowest BCUT2D eigenvalue weighted by atomic mass is 9.94. The predicted octanol–water partition coefficient (Wildman–Crippen LogP) is 4.21. The molecule has 0 radical (unpaired) electrons. The van der Waals surface area contributed by atoms with Gasteiger partial charge in [0.2, 0.25) is 5.91 Å². The molecule has 120 valence electrons. The molecule has 1 aromatic carbocycles. The Hall–Kier alpha value is -1.06. The van der Waals surface area contributed by atoms with Gasteiger partial charge in [0.1, 0.15) is 0 Å². The van der Waals surface area contributed by atoms with Gasteiger partial charge in [-0.15, -0.1) is 0 Å². The largest absolute Gasteiger partial charge is 0.381 e. The summed E-state index contributed by atoms with van der Waals surface area (Å²) in [6, 6.07) is 8.15. The maximum Gasteiger partial charge on any atom is 0.223 e. The van der Waals surface area contributed by atoms with E-state index in [9.17, 15) is 4.79 Å². The first kappa shape index (κ1) is 15.8. The molecule has 2 unspecified atom stereocenters. The summed E-state index contributed by atoms with van der Waals surface area (Å²) in [6.45, 7) is 2.55. The van der Waals surface area contributed by atoms with Gasteiger partial charge in [-0.2, -0.15) is 0 Å². The molecular formula is C18H24ClNO2. The molecule has 2 aliphatic rings. The van der Waals surface area contributed by atoms with Gasteiger partial charge in [-0.1, -0.05) is 23.7 Å². The van der Waals surface area contributed by atoms with E-state index in [2.05, 4.69) is 11.0 Å². The monoisotopic (exact) mass is 321 g/mol. The van der Waals surface area contributed by atoms with Crippen LogP contribution in [-0.2, 0) is 9.53 Å². The Kier molecular flexibility index (Phi) is 5.37. The highest BCUT2D eigenvalue weighted by Gasteiger charge is 2.28. The molecule has 1 amide bonds. The number of amides is 1. The molecule has 2 saturated heterocycles. The average Bonchev–Trinajstić information content (AvgIpc) is 3.06. The quantitative estimate of drug-likeness (QED) is 0.831. The zero-order valence-corrected chi connectivity index (χ0v) is 13.7. The van der Waals surface area contributed by atoms with Crippen molar-refractivity contribution in [1.82, 2.24) is 4.90 Å². The summed E-state index contributed by atoms with van der Waals surface area (Å²) < 4.78 is 5.40. The highest BCUT2D eigenvalue weighted by Crippen LogP contribution is 2.33. The van der Waals surface area contributed by atoms with Crippen LogP contribution in [0.4, 0.5) is 0 Å². The summed E-state index contributed by atoms with van der Waals surface area (Å²) in [5, 5.41) is 0.749. The third kappa shape index (κ3) is 3.82. The minimum atomic E-state index is 0.194. The molecule has 2 atom stereocenters. The van der Waals surface area contributed by atoms with Crippen molar-refractivity contribution in [3.05, 3.63) is 34.9 Å². The number of carbonyl (C=O) groups excluding carboxylic acids is 1. The van der Waals surface area contributed by atoms with Crippen molar-refractivity contribution in [3.63, 3.8) is 0 Å². The maximum absolute atomic E-state index is 12.7. The third-order valence-corrected chi connectivity index (χ3v) is 5.08. The SMILES string of the molecule is O=C(CCC1CCOC1)N1CCCCC1c1cccc(Cl)c1. The Bertz CT molecular complexity index is 514. The van der Waals surface area contributed by atoms with Crippen molar-refractivity contribution in [2.24, 2.45) is 5.92 Å². The van der Waals surface area contributed by atoms with Gasteiger partial charge in [0, 0.05) is 31.2 Å². The molecule has 2 fully saturated rings. The molecule has 0 spiro atoms. The van der Waals surface area contributed by atoms with Crippen molar-refractivity contribution in [2.45, 2.75) is 44.6 Å². The van der Waals surface area contributed by atoms with Crippen LogP contribution >= 0.6 is 11.6 Å². The highest BCUT2D eigenvalue weighted by atomic mass is 35.5. The second-order valence-electron chi connectivity index (χ2n) is 6.42. The lowest BCUT2D eigenvalue weighted by Gasteiger charge is -2.36. The number of hydrogen-bond acceptors (Lipinski definition) is 2. The van der Waals surface area contributed by atoms with E-state index >= 15 is 0 Å². The van der Waals surface area contributed by atoms with Crippen LogP contribution in [0.5, 0.6) is 0 Å². The van der Waals surface area contributed by atoms with Gasteiger partial charge < -0.3 is 9.64 Å². The van der Waals surface area contributed by atoms with Gasteiger partial charge in [0.05, 0.1) is 6.04 Å². The average molecular weight is 322 g/mol. The Balaban J connectivity index is 1.65. The van der Waals surface area contributed by atoms with Gasteiger partial charge in [-0.05, 0) is 55.7 Å². The van der Waals surface area contributed by atoms with Crippen LogP contribution in [0, 0.1) is 5.92 Å². The van der Waals surface area contributed by atoms with Crippen molar-refractivity contribution in [1.29, 1.82) is 0 Å². The second kappa shape index (κ2) is 7.47. The Morgan fingerprint density at radius 1 is 1.32 bits per heavy atom. The van der Waals surface area contributed by atoms with Crippen LogP contribution in [-0.4, -0.2) is 30.6 Å². The number of halogens is 1. The Labute approximate surface area is 137 Å². The molecule has 3 nitrogen and oxygen atoms in total. The van der Waals surface area contributed by atoms with Crippen LogP contribution in [0.2, 0.25) is 5.02 Å². The first-order chi connectivity index (χ1) is 10.7. The van der Waals surface area contributed by atoms with Crippen LogP contribution < -0.4 is 0 Å². The number of likely N-dealkylation sites (tertiary alicyclic amines) is 1. The number of rotatable bonds is 4. The first-order valence-electron chi connectivity index (χ1n) is 8.37. The molecule has 22 heavy (non-hydrogen) atoms. The van der Waals surface area contributed by atoms with Crippen molar-refractivity contribution >= 4 is 17.5 Å². The number of piperidine rings is 1. The number of nitrogens with zero attached hydrogens (tertiary/aromatic N) is 1. The minimum Gasteiger partial charge on any atom is -0.381 e. The fraction of sp³-hybridized carbons (Fsp3) is 0.611. The molecule has 0 N–H and O–H groups in total. The number of hydrogen-bond donors (Lipinski definition) is 0. The van der Waals surface area contributed by atoms with E-state index in [1.807, 2.05) is 18.2 Å². The standard InChI is InChI=1S/C18H24ClNO2/c19-16-5-3-4-15(12-16)17-6-1-2-10-20(17)18(21)8-7-14-9-11-22-13-14/h3-5,12,14,17H,1-2,6-11,13H2. The van der Waals surface area contributed by atoms with E-state index in [0.29, 0.717) is 12.3 Å². The molecule has 0 bridgehead atoms. The minimum absolute atomic E-state index is 0.194. The van der Waals surface area contributed by atoms with Gasteiger partial charge >= 0.3 is 0 Å². The fourth-order valence-electron chi connectivity index (χ4n) is 3.57. The molecule has 0 aliphatic carbocycles. The Morgan fingerprint density at radius 2 is 2.23 bits per heavy atom. The molecule has 1 aromatic rings.